The van der Waals surface area contributed by atoms with Gasteiger partial charge >= 0.3 is 0 Å². The standard InChI is InChI=1S/C21H41N3/c1-2-3-4-5-6-7-8-9-10-11-12-13-14-15-16-21-23-18-20-24(21)19-17-22/h13-14,18,20-21,23H,2-12,15-17,19,22H2,1H3/b14-13+. The van der Waals surface area contributed by atoms with E-state index in [-0.39, 0.29) is 0 Å². The van der Waals surface area contributed by atoms with Crippen LogP contribution in [0.3, 0.4) is 0 Å². The van der Waals surface area contributed by atoms with E-state index in [4.69, 9.17) is 5.73 Å². The molecule has 0 saturated carbocycles. The van der Waals surface area contributed by atoms with Crippen molar-refractivity contribution >= 4 is 0 Å². The molecule has 0 fully saturated rings. The van der Waals surface area contributed by atoms with Gasteiger partial charge in [-0.25, -0.2) is 0 Å². The maximum Gasteiger partial charge on any atom is 0.0984 e. The highest BCUT2D eigenvalue weighted by atomic mass is 15.3. The van der Waals surface area contributed by atoms with Crippen molar-refractivity contribution in [3.8, 4) is 0 Å². The number of rotatable bonds is 16. The normalized spacial score (nSPS) is 17.1. The molecule has 0 bridgehead atoms. The fourth-order valence-corrected chi connectivity index (χ4v) is 3.32. The van der Waals surface area contributed by atoms with Crippen LogP contribution in [0.25, 0.3) is 0 Å². The Kier molecular flexibility index (Phi) is 13.7. The zero-order valence-corrected chi connectivity index (χ0v) is 16.0. The molecule has 0 saturated heterocycles. The second-order valence-electron chi connectivity index (χ2n) is 7.04. The minimum atomic E-state index is 0.440. The predicted octanol–water partition coefficient (Wildman–Crippen LogP) is 5.30. The minimum absolute atomic E-state index is 0.440. The number of nitrogens with zero attached hydrogens (tertiary/aromatic N) is 1. The van der Waals surface area contributed by atoms with Crippen LogP contribution in [0.15, 0.2) is 24.6 Å². The van der Waals surface area contributed by atoms with Crippen LogP contribution in [0.2, 0.25) is 0 Å². The number of hydrogen-bond acceptors (Lipinski definition) is 3. The molecule has 0 spiro atoms. The Labute approximate surface area is 150 Å². The van der Waals surface area contributed by atoms with E-state index in [1.165, 1.54) is 70.6 Å². The Morgan fingerprint density at radius 1 is 0.917 bits per heavy atom. The van der Waals surface area contributed by atoms with Crippen LogP contribution in [-0.4, -0.2) is 24.2 Å². The largest absolute Gasteiger partial charge is 0.370 e. The van der Waals surface area contributed by atoms with Crippen molar-refractivity contribution in [2.75, 3.05) is 13.1 Å². The summed E-state index contributed by atoms with van der Waals surface area (Å²) in [6.45, 7) is 3.95. The van der Waals surface area contributed by atoms with Gasteiger partial charge in [-0.15, -0.1) is 0 Å². The summed E-state index contributed by atoms with van der Waals surface area (Å²) in [5.41, 5.74) is 5.63. The topological polar surface area (TPSA) is 41.3 Å². The van der Waals surface area contributed by atoms with E-state index in [0.717, 1.165) is 25.9 Å². The molecule has 1 atom stereocenters. The Hall–Kier alpha value is -0.960. The molecule has 0 aromatic rings. The molecule has 3 N–H and O–H groups in total. The Morgan fingerprint density at radius 2 is 1.54 bits per heavy atom. The molecule has 1 heterocycles. The third-order valence-electron chi connectivity index (χ3n) is 4.84. The number of hydrogen-bond donors (Lipinski definition) is 2. The van der Waals surface area contributed by atoms with Crippen LogP contribution >= 0.6 is 0 Å². The second kappa shape index (κ2) is 15.6. The fraction of sp³-hybridized carbons (Fsp3) is 0.810. The van der Waals surface area contributed by atoms with E-state index in [1.54, 1.807) is 0 Å². The van der Waals surface area contributed by atoms with Crippen LogP contribution < -0.4 is 11.1 Å². The quantitative estimate of drug-likeness (QED) is 0.297. The van der Waals surface area contributed by atoms with E-state index < -0.39 is 0 Å². The SMILES string of the molecule is CCCCCCCCCCCC/C=C/CCC1NC=CN1CCN. The number of allylic oxidation sites excluding steroid dienone is 2. The van der Waals surface area contributed by atoms with Gasteiger partial charge in [-0.05, 0) is 25.7 Å². The van der Waals surface area contributed by atoms with E-state index in [2.05, 4.69) is 35.5 Å². The summed E-state index contributed by atoms with van der Waals surface area (Å²) in [5.74, 6) is 0. The van der Waals surface area contributed by atoms with Crippen molar-refractivity contribution in [1.82, 2.24) is 10.2 Å². The van der Waals surface area contributed by atoms with Crippen LogP contribution in [0.5, 0.6) is 0 Å². The highest BCUT2D eigenvalue weighted by molar-refractivity contribution is 4.95. The lowest BCUT2D eigenvalue weighted by atomic mass is 10.1. The third-order valence-corrected chi connectivity index (χ3v) is 4.84. The van der Waals surface area contributed by atoms with Crippen molar-refractivity contribution < 1.29 is 0 Å². The summed E-state index contributed by atoms with van der Waals surface area (Å²) >= 11 is 0. The molecule has 0 aromatic heterocycles. The summed E-state index contributed by atoms with van der Waals surface area (Å²) < 4.78 is 0. The molecular weight excluding hydrogens is 294 g/mol. The van der Waals surface area contributed by atoms with Gasteiger partial charge in [0.15, 0.2) is 0 Å². The Balaban J connectivity index is 1.83. The average Bonchev–Trinajstić information content (AvgIpc) is 3.03. The first kappa shape index (κ1) is 21.1. The fourth-order valence-electron chi connectivity index (χ4n) is 3.32. The van der Waals surface area contributed by atoms with Crippen molar-refractivity contribution in [2.24, 2.45) is 5.73 Å². The molecule has 3 heteroatoms. The van der Waals surface area contributed by atoms with E-state index in [0.29, 0.717) is 6.17 Å². The van der Waals surface area contributed by atoms with Gasteiger partial charge in [0.1, 0.15) is 0 Å². The van der Waals surface area contributed by atoms with Crippen LogP contribution in [-0.2, 0) is 0 Å². The lowest BCUT2D eigenvalue weighted by Gasteiger charge is -2.24. The molecule has 0 amide bonds. The van der Waals surface area contributed by atoms with Gasteiger partial charge in [0.25, 0.3) is 0 Å². The second-order valence-corrected chi connectivity index (χ2v) is 7.04. The van der Waals surface area contributed by atoms with Gasteiger partial charge in [-0.3, -0.25) is 0 Å². The molecule has 0 aromatic carbocycles. The zero-order chi connectivity index (χ0) is 17.3. The molecule has 0 radical (unpaired) electrons. The molecule has 24 heavy (non-hydrogen) atoms. The highest BCUT2D eigenvalue weighted by Crippen LogP contribution is 2.12. The molecule has 1 aliphatic heterocycles. The van der Waals surface area contributed by atoms with Gasteiger partial charge in [-0.1, -0.05) is 76.9 Å². The van der Waals surface area contributed by atoms with Gasteiger partial charge in [0.2, 0.25) is 0 Å². The Bertz CT molecular complexity index is 325. The highest BCUT2D eigenvalue weighted by Gasteiger charge is 2.15. The summed E-state index contributed by atoms with van der Waals surface area (Å²) in [6.07, 6.45) is 27.1. The number of nitrogens with two attached hydrogens (primary N) is 1. The van der Waals surface area contributed by atoms with Gasteiger partial charge in [0.05, 0.1) is 6.17 Å². The molecule has 0 aliphatic carbocycles. The molecule has 1 aliphatic rings. The molecular formula is C21H41N3. The molecule has 3 nitrogen and oxygen atoms in total. The van der Waals surface area contributed by atoms with E-state index >= 15 is 0 Å². The zero-order valence-electron chi connectivity index (χ0n) is 16.0. The molecule has 140 valence electrons. The Morgan fingerprint density at radius 3 is 2.21 bits per heavy atom. The maximum absolute atomic E-state index is 5.63. The van der Waals surface area contributed by atoms with Crippen LogP contribution in [0.1, 0.15) is 90.4 Å². The average molecular weight is 336 g/mol. The summed E-state index contributed by atoms with van der Waals surface area (Å²) in [5, 5.41) is 3.39. The summed E-state index contributed by atoms with van der Waals surface area (Å²) in [7, 11) is 0. The first-order chi connectivity index (χ1) is 11.9. The van der Waals surface area contributed by atoms with Crippen molar-refractivity contribution in [2.45, 2.75) is 96.6 Å². The van der Waals surface area contributed by atoms with Crippen LogP contribution in [0.4, 0.5) is 0 Å². The van der Waals surface area contributed by atoms with Gasteiger partial charge in [0, 0.05) is 25.5 Å². The lowest BCUT2D eigenvalue weighted by molar-refractivity contribution is 0.272. The van der Waals surface area contributed by atoms with Gasteiger partial charge < -0.3 is 16.0 Å². The van der Waals surface area contributed by atoms with E-state index in [1.807, 2.05) is 6.20 Å². The molecule has 1 unspecified atom stereocenters. The summed E-state index contributed by atoms with van der Waals surface area (Å²) in [6, 6.07) is 0. The lowest BCUT2D eigenvalue weighted by Crippen LogP contribution is -2.37. The number of unbranched alkanes of at least 4 members (excludes halogenated alkanes) is 10. The smallest absolute Gasteiger partial charge is 0.0984 e. The van der Waals surface area contributed by atoms with Gasteiger partial charge in [-0.2, -0.15) is 0 Å². The molecule has 1 rings (SSSR count). The van der Waals surface area contributed by atoms with Crippen molar-refractivity contribution in [1.29, 1.82) is 0 Å². The van der Waals surface area contributed by atoms with Crippen LogP contribution in [0, 0.1) is 0 Å². The minimum Gasteiger partial charge on any atom is -0.370 e. The van der Waals surface area contributed by atoms with E-state index in [9.17, 15) is 0 Å². The first-order valence-corrected chi connectivity index (χ1v) is 10.4. The first-order valence-electron chi connectivity index (χ1n) is 10.4. The van der Waals surface area contributed by atoms with Crippen molar-refractivity contribution in [3.05, 3.63) is 24.6 Å². The predicted molar refractivity (Wildman–Crippen MR) is 107 cm³/mol. The number of nitrogens with one attached hydrogen (secondary N) is 1. The maximum atomic E-state index is 5.63. The van der Waals surface area contributed by atoms with Crippen molar-refractivity contribution in [3.63, 3.8) is 0 Å². The monoisotopic (exact) mass is 335 g/mol. The third kappa shape index (κ3) is 10.7. The summed E-state index contributed by atoms with van der Waals surface area (Å²) in [4.78, 5) is 2.30.